The number of fused-ring (bicyclic) bond motifs is 1. The lowest BCUT2D eigenvalue weighted by atomic mass is 10.1. The van der Waals surface area contributed by atoms with Crippen LogP contribution in [0.5, 0.6) is 0 Å². The van der Waals surface area contributed by atoms with E-state index >= 15 is 0 Å². The van der Waals surface area contributed by atoms with E-state index in [2.05, 4.69) is 0 Å². The van der Waals surface area contributed by atoms with Gasteiger partial charge in [-0.1, -0.05) is 24.3 Å². The van der Waals surface area contributed by atoms with Crippen molar-refractivity contribution < 1.29 is 27.9 Å². The summed E-state index contributed by atoms with van der Waals surface area (Å²) in [5, 5.41) is 10.2. The first-order valence-electron chi connectivity index (χ1n) is 8.01. The highest BCUT2D eigenvalue weighted by molar-refractivity contribution is 7.89. The number of rotatable bonds is 6. The molecule has 3 rings (SSSR count). The maximum atomic E-state index is 12.8. The smallest absolute Gasteiger partial charge is 0.233 e. The van der Waals surface area contributed by atoms with E-state index in [0.717, 1.165) is 11.1 Å². The second-order valence-electron chi connectivity index (χ2n) is 6.74. The molecule has 0 radical (unpaired) electrons. The molecule has 2 atom stereocenters. The Labute approximate surface area is 146 Å². The van der Waals surface area contributed by atoms with Gasteiger partial charge in [-0.25, -0.2) is 13.5 Å². The molecular formula is C16H22N2O6S. The van der Waals surface area contributed by atoms with Gasteiger partial charge in [-0.05, 0) is 25.0 Å². The van der Waals surface area contributed by atoms with E-state index < -0.39 is 33.7 Å². The molecule has 0 aliphatic carbocycles. The molecule has 1 aromatic rings. The fourth-order valence-corrected chi connectivity index (χ4v) is 4.84. The predicted molar refractivity (Wildman–Crippen MR) is 87.9 cm³/mol. The molecule has 0 aromatic heterocycles. The Morgan fingerprint density at radius 3 is 2.44 bits per heavy atom. The molecule has 8 nitrogen and oxygen atoms in total. The average Bonchev–Trinajstić information content (AvgIpc) is 3.15. The highest BCUT2D eigenvalue weighted by Crippen LogP contribution is 2.29. The molecule has 2 aliphatic rings. The van der Waals surface area contributed by atoms with Crippen molar-refractivity contribution in [1.82, 2.24) is 9.37 Å². The molecule has 1 fully saturated rings. The maximum Gasteiger partial charge on any atom is 0.233 e. The van der Waals surface area contributed by atoms with Crippen molar-refractivity contribution in [1.29, 1.82) is 0 Å². The number of hydrogen-bond donors (Lipinski definition) is 1. The number of carbonyl (C=O) groups excluding carboxylic acids is 1. The van der Waals surface area contributed by atoms with E-state index in [-0.39, 0.29) is 26.1 Å². The maximum absolute atomic E-state index is 12.8. The molecule has 25 heavy (non-hydrogen) atoms. The molecule has 2 heterocycles. The molecule has 0 spiro atoms. The van der Waals surface area contributed by atoms with Crippen LogP contribution in [0.2, 0.25) is 0 Å². The fourth-order valence-electron chi connectivity index (χ4n) is 3.16. The van der Waals surface area contributed by atoms with Crippen molar-refractivity contribution in [3.63, 3.8) is 0 Å². The Balaban J connectivity index is 1.76. The zero-order valence-electron chi connectivity index (χ0n) is 14.2. The minimum Gasteiger partial charge on any atom is -0.348 e. The van der Waals surface area contributed by atoms with Crippen LogP contribution in [-0.2, 0) is 37.4 Å². The quantitative estimate of drug-likeness (QED) is 0.450. The van der Waals surface area contributed by atoms with E-state index in [0.29, 0.717) is 5.06 Å². The molecule has 0 saturated carbocycles. The summed E-state index contributed by atoms with van der Waals surface area (Å²) < 4.78 is 38.1. The van der Waals surface area contributed by atoms with Crippen LogP contribution in [0.25, 0.3) is 0 Å². The minimum atomic E-state index is -3.72. The topological polar surface area (TPSA) is 96.4 Å². The van der Waals surface area contributed by atoms with Gasteiger partial charge in [0, 0.05) is 13.1 Å². The second kappa shape index (κ2) is 6.65. The molecule has 9 heteroatoms. The summed E-state index contributed by atoms with van der Waals surface area (Å²) in [5.74, 6) is -1.33. The van der Waals surface area contributed by atoms with Crippen molar-refractivity contribution in [3.05, 3.63) is 35.4 Å². The molecule has 1 aromatic carbocycles. The van der Waals surface area contributed by atoms with Crippen molar-refractivity contribution >= 4 is 16.4 Å². The third kappa shape index (κ3) is 3.85. The van der Waals surface area contributed by atoms with Gasteiger partial charge in [0.25, 0.3) is 0 Å². The number of amides is 1. The molecule has 2 aliphatic heterocycles. The van der Waals surface area contributed by atoms with Crippen molar-refractivity contribution in [2.75, 3.05) is 12.4 Å². The van der Waals surface area contributed by atoms with Crippen molar-refractivity contribution in [2.45, 2.75) is 44.9 Å². The summed E-state index contributed by atoms with van der Waals surface area (Å²) in [5.41, 5.74) is 1.92. The Morgan fingerprint density at radius 2 is 1.96 bits per heavy atom. The standard InChI is InChI=1S/C16H22N2O6S/c1-16(2)23-9-15(24-16)14(18(20)11-19)10-25(21,22)17-7-12-5-3-4-6-13(12)8-17/h3-6,11,14-15,20H,7-10H2,1-2H3/t14?,15-/m1/s1. The van der Waals surface area contributed by atoms with Crippen molar-refractivity contribution in [2.24, 2.45) is 0 Å². The normalized spacial score (nSPS) is 24.0. The summed E-state index contributed by atoms with van der Waals surface area (Å²) in [6.07, 6.45) is -0.543. The summed E-state index contributed by atoms with van der Waals surface area (Å²) in [6.45, 7) is 4.05. The molecular weight excluding hydrogens is 348 g/mol. The Kier molecular flexibility index (Phi) is 4.86. The number of sulfonamides is 1. The van der Waals surface area contributed by atoms with Crippen LogP contribution in [-0.4, -0.2) is 59.7 Å². The third-order valence-corrected chi connectivity index (χ3v) is 6.30. The van der Waals surface area contributed by atoms with Crippen molar-refractivity contribution in [3.8, 4) is 0 Å². The first-order valence-corrected chi connectivity index (χ1v) is 9.62. The van der Waals surface area contributed by atoms with Gasteiger partial charge in [0.1, 0.15) is 12.1 Å². The van der Waals surface area contributed by atoms with Crippen LogP contribution in [0.3, 0.4) is 0 Å². The lowest BCUT2D eigenvalue weighted by Gasteiger charge is -2.29. The lowest BCUT2D eigenvalue weighted by Crippen LogP contribution is -2.49. The van der Waals surface area contributed by atoms with Crippen LogP contribution in [0.15, 0.2) is 24.3 Å². The molecule has 1 N–H and O–H groups in total. The number of nitrogens with zero attached hydrogens (tertiary/aromatic N) is 2. The number of hydrogen-bond acceptors (Lipinski definition) is 6. The van der Waals surface area contributed by atoms with Crippen LogP contribution < -0.4 is 0 Å². The van der Waals surface area contributed by atoms with E-state index in [4.69, 9.17) is 9.47 Å². The second-order valence-corrected chi connectivity index (χ2v) is 8.75. The zero-order valence-corrected chi connectivity index (χ0v) is 15.0. The number of ether oxygens (including phenoxy) is 2. The monoisotopic (exact) mass is 370 g/mol. The number of hydroxylamine groups is 2. The van der Waals surface area contributed by atoms with Gasteiger partial charge in [-0.3, -0.25) is 10.0 Å². The molecule has 138 valence electrons. The van der Waals surface area contributed by atoms with E-state index in [1.807, 2.05) is 24.3 Å². The average molecular weight is 370 g/mol. The fraction of sp³-hybridized carbons (Fsp3) is 0.562. The first kappa shape index (κ1) is 18.3. The number of carbonyl (C=O) groups is 1. The van der Waals surface area contributed by atoms with Crippen LogP contribution >= 0.6 is 0 Å². The SMILES string of the molecule is CC1(C)OC[C@H](C(CS(=O)(=O)N2Cc3ccccc3C2)N(O)C=O)O1. The summed E-state index contributed by atoms with van der Waals surface area (Å²) in [6, 6.07) is 6.47. The predicted octanol–water partition coefficient (Wildman–Crippen LogP) is 0.700. The van der Waals surface area contributed by atoms with Gasteiger partial charge in [0.2, 0.25) is 16.4 Å². The van der Waals surface area contributed by atoms with Gasteiger partial charge >= 0.3 is 0 Å². The van der Waals surface area contributed by atoms with Gasteiger partial charge in [-0.15, -0.1) is 0 Å². The van der Waals surface area contributed by atoms with Gasteiger partial charge < -0.3 is 9.47 Å². The van der Waals surface area contributed by atoms with Gasteiger partial charge in [0.15, 0.2) is 5.79 Å². The summed E-state index contributed by atoms with van der Waals surface area (Å²) in [7, 11) is -3.72. The summed E-state index contributed by atoms with van der Waals surface area (Å²) in [4.78, 5) is 11.0. The molecule has 1 saturated heterocycles. The molecule has 0 bridgehead atoms. The lowest BCUT2D eigenvalue weighted by molar-refractivity contribution is -0.182. The van der Waals surface area contributed by atoms with E-state index in [9.17, 15) is 18.4 Å². The van der Waals surface area contributed by atoms with Crippen LogP contribution in [0.4, 0.5) is 0 Å². The zero-order chi connectivity index (χ0) is 18.2. The molecule has 1 amide bonds. The summed E-state index contributed by atoms with van der Waals surface area (Å²) >= 11 is 0. The highest BCUT2D eigenvalue weighted by Gasteiger charge is 2.43. The van der Waals surface area contributed by atoms with E-state index in [1.54, 1.807) is 13.8 Å². The van der Waals surface area contributed by atoms with Gasteiger partial charge in [0.05, 0.1) is 12.4 Å². The largest absolute Gasteiger partial charge is 0.348 e. The number of benzene rings is 1. The Morgan fingerprint density at radius 1 is 1.36 bits per heavy atom. The van der Waals surface area contributed by atoms with Crippen LogP contribution in [0.1, 0.15) is 25.0 Å². The van der Waals surface area contributed by atoms with E-state index in [1.165, 1.54) is 4.31 Å². The Hall–Kier alpha value is -1.52. The van der Waals surface area contributed by atoms with Gasteiger partial charge in [-0.2, -0.15) is 4.31 Å². The highest BCUT2D eigenvalue weighted by atomic mass is 32.2. The third-order valence-electron chi connectivity index (χ3n) is 4.49. The minimum absolute atomic E-state index is 0.0955. The first-order chi connectivity index (χ1) is 11.7. The Bertz CT molecular complexity index is 726. The molecule has 1 unspecified atom stereocenters. The van der Waals surface area contributed by atoms with Crippen LogP contribution in [0, 0.1) is 0 Å².